The molecule has 1 amide bonds. The van der Waals surface area contributed by atoms with Crippen LogP contribution >= 0.6 is 0 Å². The van der Waals surface area contributed by atoms with Gasteiger partial charge in [-0.2, -0.15) is 0 Å². The van der Waals surface area contributed by atoms with Crippen molar-refractivity contribution in [1.29, 1.82) is 0 Å². The summed E-state index contributed by atoms with van der Waals surface area (Å²) in [5.74, 6) is -0.369. The minimum Gasteiger partial charge on any atom is -0.495 e. The van der Waals surface area contributed by atoms with E-state index in [9.17, 15) is 19.2 Å². The number of carbonyl (C=O) groups is 1. The van der Waals surface area contributed by atoms with E-state index in [0.29, 0.717) is 11.4 Å². The Kier molecular flexibility index (Phi) is 5.72. The van der Waals surface area contributed by atoms with Crippen LogP contribution in [0.3, 0.4) is 0 Å². The van der Waals surface area contributed by atoms with Crippen LogP contribution in [0.25, 0.3) is 5.69 Å². The molecule has 10 nitrogen and oxygen atoms in total. The zero-order chi connectivity index (χ0) is 21.0. The van der Waals surface area contributed by atoms with E-state index in [1.807, 2.05) is 0 Å². The smallest absolute Gasteiger partial charge is 0.333 e. The first kappa shape index (κ1) is 19.8. The number of H-pyrrole nitrogens is 1. The summed E-state index contributed by atoms with van der Waals surface area (Å²) in [5.41, 5.74) is -1.16. The lowest BCUT2D eigenvalue weighted by atomic mass is 10.2. The molecule has 10 heteroatoms. The first-order valence-corrected chi connectivity index (χ1v) is 8.72. The number of benzene rings is 1. The van der Waals surface area contributed by atoms with Crippen molar-refractivity contribution in [2.24, 2.45) is 0 Å². The summed E-state index contributed by atoms with van der Waals surface area (Å²) in [4.78, 5) is 55.7. The zero-order valence-corrected chi connectivity index (χ0v) is 15.8. The number of carbonyl (C=O) groups excluding carboxylic acids is 1. The molecule has 0 unspecified atom stereocenters. The van der Waals surface area contributed by atoms with Crippen LogP contribution in [-0.2, 0) is 6.54 Å². The van der Waals surface area contributed by atoms with E-state index in [1.54, 1.807) is 25.1 Å². The number of ether oxygens (including phenoxy) is 1. The predicted octanol–water partition coefficient (Wildman–Crippen LogP) is -0.170. The third kappa shape index (κ3) is 4.15. The van der Waals surface area contributed by atoms with Gasteiger partial charge in [0.1, 0.15) is 11.3 Å². The fourth-order valence-corrected chi connectivity index (χ4v) is 2.74. The van der Waals surface area contributed by atoms with Gasteiger partial charge in [0.2, 0.25) is 0 Å². The highest BCUT2D eigenvalue weighted by atomic mass is 16.5. The van der Waals surface area contributed by atoms with E-state index in [1.165, 1.54) is 30.1 Å². The van der Waals surface area contributed by atoms with Gasteiger partial charge in [0.15, 0.2) is 0 Å². The molecule has 150 valence electrons. The van der Waals surface area contributed by atoms with Crippen molar-refractivity contribution in [3.05, 3.63) is 85.3 Å². The molecule has 0 aliphatic carbocycles. The Labute approximate surface area is 164 Å². The number of hydrogen-bond acceptors (Lipinski definition) is 6. The van der Waals surface area contributed by atoms with Crippen LogP contribution in [-0.4, -0.2) is 38.7 Å². The topological polar surface area (TPSA) is 128 Å². The van der Waals surface area contributed by atoms with Crippen molar-refractivity contribution >= 4 is 5.91 Å². The van der Waals surface area contributed by atoms with E-state index < -0.39 is 17.2 Å². The van der Waals surface area contributed by atoms with Crippen molar-refractivity contribution in [3.8, 4) is 11.4 Å². The highest BCUT2D eigenvalue weighted by Crippen LogP contribution is 2.19. The van der Waals surface area contributed by atoms with Crippen LogP contribution in [0.5, 0.6) is 5.75 Å². The van der Waals surface area contributed by atoms with E-state index in [0.717, 1.165) is 10.8 Å². The number of nitrogens with zero attached hydrogens (tertiary/aromatic N) is 3. The number of nitrogens with one attached hydrogen (secondary N) is 2. The number of para-hydroxylation sites is 2. The molecule has 0 atom stereocenters. The van der Waals surface area contributed by atoms with Gasteiger partial charge in [-0.15, -0.1) is 0 Å². The van der Waals surface area contributed by atoms with Crippen molar-refractivity contribution < 1.29 is 9.53 Å². The molecule has 0 saturated heterocycles. The lowest BCUT2D eigenvalue weighted by Gasteiger charge is -2.11. The molecule has 3 rings (SSSR count). The van der Waals surface area contributed by atoms with Gasteiger partial charge in [-0.3, -0.25) is 19.0 Å². The zero-order valence-electron chi connectivity index (χ0n) is 15.8. The maximum Gasteiger partial charge on any atom is 0.333 e. The summed E-state index contributed by atoms with van der Waals surface area (Å²) < 4.78 is 7.37. The lowest BCUT2D eigenvalue weighted by Crippen LogP contribution is -2.40. The first-order valence-electron chi connectivity index (χ1n) is 8.72. The van der Waals surface area contributed by atoms with E-state index in [-0.39, 0.29) is 29.9 Å². The van der Waals surface area contributed by atoms with Gasteiger partial charge in [-0.25, -0.2) is 14.3 Å². The number of hydrogen-bond donors (Lipinski definition) is 2. The lowest BCUT2D eigenvalue weighted by molar-refractivity contribution is 0.0949. The van der Waals surface area contributed by atoms with Crippen LogP contribution in [0.15, 0.2) is 57.2 Å². The molecular formula is C19H19N5O5. The normalized spacial score (nSPS) is 10.6. The summed E-state index contributed by atoms with van der Waals surface area (Å²) in [6.45, 7) is 1.98. The Morgan fingerprint density at radius 3 is 2.72 bits per heavy atom. The summed E-state index contributed by atoms with van der Waals surface area (Å²) in [6, 6.07) is 7.86. The second-order valence-corrected chi connectivity index (χ2v) is 6.14. The number of aromatic nitrogens is 4. The van der Waals surface area contributed by atoms with Gasteiger partial charge < -0.3 is 15.0 Å². The van der Waals surface area contributed by atoms with Crippen molar-refractivity contribution in [2.75, 3.05) is 13.7 Å². The fraction of sp³-hybridized carbons (Fsp3) is 0.211. The van der Waals surface area contributed by atoms with Gasteiger partial charge in [0.25, 0.3) is 17.0 Å². The molecule has 0 aliphatic heterocycles. The molecule has 0 aliphatic rings. The van der Waals surface area contributed by atoms with Crippen molar-refractivity contribution in [3.63, 3.8) is 0 Å². The molecule has 0 fully saturated rings. The van der Waals surface area contributed by atoms with Crippen LogP contribution in [0.1, 0.15) is 16.1 Å². The van der Waals surface area contributed by atoms with E-state index in [2.05, 4.69) is 15.3 Å². The standard InChI is InChI=1S/C19H19N5O5/c1-12-9-16(25)23(11-22-12)8-7-20-17(26)13-10-21-19(28)24(18(13)27)14-5-3-4-6-15(14)29-2/h3-6,9-11H,7-8H2,1-2H3,(H,20,26)(H,21,28). The second-order valence-electron chi connectivity index (χ2n) is 6.14. The Morgan fingerprint density at radius 1 is 1.24 bits per heavy atom. The third-order valence-corrected chi connectivity index (χ3v) is 4.20. The molecule has 29 heavy (non-hydrogen) atoms. The van der Waals surface area contributed by atoms with E-state index in [4.69, 9.17) is 4.74 Å². The summed E-state index contributed by atoms with van der Waals surface area (Å²) in [7, 11) is 1.41. The number of rotatable bonds is 6. The maximum absolute atomic E-state index is 12.8. The van der Waals surface area contributed by atoms with Gasteiger partial charge >= 0.3 is 5.69 Å². The van der Waals surface area contributed by atoms with Crippen molar-refractivity contribution in [2.45, 2.75) is 13.5 Å². The number of aryl methyl sites for hydroxylation is 1. The summed E-state index contributed by atoms with van der Waals surface area (Å²) in [5, 5.41) is 2.56. The Hall–Kier alpha value is -3.95. The average molecular weight is 397 g/mol. The number of amides is 1. The SMILES string of the molecule is COc1ccccc1-n1c(=O)[nH]cc(C(=O)NCCn2cnc(C)cc2=O)c1=O. The van der Waals surface area contributed by atoms with Gasteiger partial charge in [-0.1, -0.05) is 12.1 Å². The van der Waals surface area contributed by atoms with Gasteiger partial charge in [-0.05, 0) is 19.1 Å². The molecule has 3 aromatic rings. The predicted molar refractivity (Wildman–Crippen MR) is 105 cm³/mol. The highest BCUT2D eigenvalue weighted by Gasteiger charge is 2.17. The first-order chi connectivity index (χ1) is 13.9. The Morgan fingerprint density at radius 2 is 2.00 bits per heavy atom. The largest absolute Gasteiger partial charge is 0.495 e. The van der Waals surface area contributed by atoms with Crippen LogP contribution in [0.4, 0.5) is 0 Å². The van der Waals surface area contributed by atoms with E-state index >= 15 is 0 Å². The fourth-order valence-electron chi connectivity index (χ4n) is 2.74. The molecule has 0 bridgehead atoms. The number of aromatic amines is 1. The monoisotopic (exact) mass is 397 g/mol. The average Bonchev–Trinajstić information content (AvgIpc) is 2.70. The molecule has 0 spiro atoms. The second kappa shape index (κ2) is 8.38. The minimum atomic E-state index is -0.787. The highest BCUT2D eigenvalue weighted by molar-refractivity contribution is 5.93. The van der Waals surface area contributed by atoms with Gasteiger partial charge in [0, 0.05) is 31.0 Å². The maximum atomic E-state index is 12.8. The molecule has 2 N–H and O–H groups in total. The summed E-state index contributed by atoms with van der Waals surface area (Å²) >= 11 is 0. The van der Waals surface area contributed by atoms with Crippen LogP contribution < -0.4 is 26.9 Å². The van der Waals surface area contributed by atoms with Crippen molar-refractivity contribution in [1.82, 2.24) is 24.4 Å². The van der Waals surface area contributed by atoms with Crippen LogP contribution in [0, 0.1) is 6.92 Å². The molecule has 0 radical (unpaired) electrons. The van der Waals surface area contributed by atoms with Crippen LogP contribution in [0.2, 0.25) is 0 Å². The molecule has 0 saturated carbocycles. The Balaban J connectivity index is 1.84. The molecular weight excluding hydrogens is 378 g/mol. The molecule has 2 aromatic heterocycles. The Bertz CT molecular complexity index is 1220. The summed E-state index contributed by atoms with van der Waals surface area (Å²) in [6.07, 6.45) is 2.45. The third-order valence-electron chi connectivity index (χ3n) is 4.20. The minimum absolute atomic E-state index is 0.0940. The quantitative estimate of drug-likeness (QED) is 0.594. The number of methoxy groups -OCH3 is 1. The molecule has 2 heterocycles. The van der Waals surface area contributed by atoms with Gasteiger partial charge in [0.05, 0.1) is 19.1 Å². The molecule has 1 aromatic carbocycles.